The molecule has 3 N–H and O–H groups in total. The number of carbonyl (C=O) groups is 4. The van der Waals surface area contributed by atoms with Gasteiger partial charge in [0.2, 0.25) is 5.91 Å². The van der Waals surface area contributed by atoms with Gasteiger partial charge in [-0.15, -0.1) is 11.8 Å². The average Bonchev–Trinajstić information content (AvgIpc) is 3.05. The first-order chi connectivity index (χ1) is 21.8. The van der Waals surface area contributed by atoms with Crippen LogP contribution in [0.3, 0.4) is 0 Å². The minimum atomic E-state index is -0.652. The molecule has 4 rings (SSSR count). The molecule has 0 aliphatic heterocycles. The van der Waals surface area contributed by atoms with Crippen molar-refractivity contribution in [3.05, 3.63) is 131 Å². The summed E-state index contributed by atoms with van der Waals surface area (Å²) in [6.45, 7) is 3.89. The van der Waals surface area contributed by atoms with Gasteiger partial charge in [0.25, 0.3) is 11.8 Å². The van der Waals surface area contributed by atoms with Crippen LogP contribution < -0.4 is 16.0 Å². The highest BCUT2D eigenvalue weighted by atomic mass is 32.2. The average molecular weight is 626 g/mol. The van der Waals surface area contributed by atoms with Crippen LogP contribution in [0.1, 0.15) is 46.5 Å². The van der Waals surface area contributed by atoms with Crippen molar-refractivity contribution in [1.82, 2.24) is 5.32 Å². The second kappa shape index (κ2) is 16.0. The molecule has 3 amide bonds. The molecule has 0 spiro atoms. The van der Waals surface area contributed by atoms with Crippen LogP contribution in [0.15, 0.2) is 114 Å². The number of nitrogens with one attached hydrogen (secondary N) is 3. The molecular formula is C35H32FN3O5S. The van der Waals surface area contributed by atoms with Crippen molar-refractivity contribution >= 4 is 52.9 Å². The highest BCUT2D eigenvalue weighted by Gasteiger charge is 2.20. The molecule has 1 atom stereocenters. The van der Waals surface area contributed by atoms with Crippen LogP contribution in [0.25, 0.3) is 6.08 Å². The molecule has 0 aromatic heterocycles. The maximum absolute atomic E-state index is 14.4. The summed E-state index contributed by atoms with van der Waals surface area (Å²) in [5.41, 5.74) is 1.67. The highest BCUT2D eigenvalue weighted by molar-refractivity contribution is 8.00. The molecule has 45 heavy (non-hydrogen) atoms. The Morgan fingerprint density at radius 2 is 1.51 bits per heavy atom. The summed E-state index contributed by atoms with van der Waals surface area (Å²) >= 11 is 1.32. The third kappa shape index (κ3) is 9.38. The normalized spacial score (nSPS) is 11.7. The Morgan fingerprint density at radius 3 is 2.20 bits per heavy atom. The topological polar surface area (TPSA) is 114 Å². The Balaban J connectivity index is 1.46. The van der Waals surface area contributed by atoms with Crippen LogP contribution in [-0.2, 0) is 14.3 Å². The zero-order chi connectivity index (χ0) is 32.2. The number of anilines is 2. The van der Waals surface area contributed by atoms with E-state index in [-0.39, 0.29) is 23.8 Å². The van der Waals surface area contributed by atoms with Crippen LogP contribution in [-0.4, -0.2) is 35.5 Å². The number of halogens is 1. The fraction of sp³-hybridized carbons (Fsp3) is 0.143. The zero-order valence-corrected chi connectivity index (χ0v) is 25.5. The lowest BCUT2D eigenvalue weighted by molar-refractivity contribution is -0.116. The summed E-state index contributed by atoms with van der Waals surface area (Å²) < 4.78 is 19.4. The summed E-state index contributed by atoms with van der Waals surface area (Å²) in [5, 5.41) is 7.78. The summed E-state index contributed by atoms with van der Waals surface area (Å²) in [6.07, 6.45) is 1.80. The maximum Gasteiger partial charge on any atom is 0.338 e. The van der Waals surface area contributed by atoms with E-state index in [0.29, 0.717) is 28.9 Å². The van der Waals surface area contributed by atoms with Crippen LogP contribution >= 0.6 is 11.8 Å². The number of rotatable bonds is 12. The van der Waals surface area contributed by atoms with E-state index in [1.807, 2.05) is 13.0 Å². The van der Waals surface area contributed by atoms with Gasteiger partial charge in [0, 0.05) is 27.4 Å². The summed E-state index contributed by atoms with van der Waals surface area (Å²) in [7, 11) is 0. The van der Waals surface area contributed by atoms with Crippen molar-refractivity contribution in [1.29, 1.82) is 0 Å². The molecule has 4 aromatic carbocycles. The Morgan fingerprint density at radius 1 is 0.800 bits per heavy atom. The van der Waals surface area contributed by atoms with E-state index >= 15 is 0 Å². The van der Waals surface area contributed by atoms with E-state index in [1.54, 1.807) is 85.8 Å². The minimum Gasteiger partial charge on any atom is -0.462 e. The van der Waals surface area contributed by atoms with Crippen LogP contribution in [0.5, 0.6) is 0 Å². The third-order valence-corrected chi connectivity index (χ3v) is 7.79. The molecule has 0 saturated carbocycles. The number of thioether (sulfide) groups is 1. The Hall–Kier alpha value is -5.22. The van der Waals surface area contributed by atoms with Gasteiger partial charge in [-0.05, 0) is 80.1 Å². The number of hydrogen-bond donors (Lipinski definition) is 3. The molecule has 0 heterocycles. The molecule has 0 bridgehead atoms. The van der Waals surface area contributed by atoms with Crippen molar-refractivity contribution in [3.63, 3.8) is 0 Å². The minimum absolute atomic E-state index is 0.132. The van der Waals surface area contributed by atoms with Gasteiger partial charge in [-0.3, -0.25) is 14.4 Å². The number of ether oxygens (including phenoxy) is 1. The lowest BCUT2D eigenvalue weighted by atomic mass is 10.1. The van der Waals surface area contributed by atoms with Crippen LogP contribution in [0, 0.1) is 5.82 Å². The number of hydrogen-bond acceptors (Lipinski definition) is 6. The molecule has 0 aliphatic rings. The van der Waals surface area contributed by atoms with E-state index in [2.05, 4.69) is 16.0 Å². The fourth-order valence-electron chi connectivity index (χ4n) is 4.15. The van der Waals surface area contributed by atoms with Crippen LogP contribution in [0.4, 0.5) is 15.8 Å². The van der Waals surface area contributed by atoms with E-state index < -0.39 is 28.9 Å². The quantitative estimate of drug-likeness (QED) is 0.0895. The summed E-state index contributed by atoms with van der Waals surface area (Å²) in [4.78, 5) is 51.9. The van der Waals surface area contributed by atoms with Gasteiger partial charge in [0.1, 0.15) is 11.5 Å². The predicted molar refractivity (Wildman–Crippen MR) is 174 cm³/mol. The Kier molecular flexibility index (Phi) is 11.6. The van der Waals surface area contributed by atoms with E-state index in [0.717, 1.165) is 4.90 Å². The number of carbonyl (C=O) groups excluding carboxylic acids is 4. The van der Waals surface area contributed by atoms with E-state index in [4.69, 9.17) is 4.74 Å². The van der Waals surface area contributed by atoms with Gasteiger partial charge in [0.05, 0.1) is 17.4 Å². The van der Waals surface area contributed by atoms with Crippen molar-refractivity contribution < 1.29 is 28.3 Å². The van der Waals surface area contributed by atoms with Gasteiger partial charge in [-0.25, -0.2) is 9.18 Å². The zero-order valence-electron chi connectivity index (χ0n) is 24.7. The van der Waals surface area contributed by atoms with Gasteiger partial charge in [-0.1, -0.05) is 49.4 Å². The second-order valence-electron chi connectivity index (χ2n) is 9.68. The lowest BCUT2D eigenvalue weighted by Gasteiger charge is -2.16. The summed E-state index contributed by atoms with van der Waals surface area (Å²) in [5.74, 6) is -2.38. The van der Waals surface area contributed by atoms with Crippen molar-refractivity contribution in [2.24, 2.45) is 0 Å². The number of amides is 3. The number of esters is 1. The first-order valence-corrected chi connectivity index (χ1v) is 15.1. The maximum atomic E-state index is 14.4. The predicted octanol–water partition coefficient (Wildman–Crippen LogP) is 6.92. The second-order valence-corrected chi connectivity index (χ2v) is 11.0. The van der Waals surface area contributed by atoms with Crippen molar-refractivity contribution in [2.75, 3.05) is 17.2 Å². The highest BCUT2D eigenvalue weighted by Crippen LogP contribution is 2.29. The fourth-order valence-corrected chi connectivity index (χ4v) is 5.16. The molecule has 0 radical (unpaired) electrons. The van der Waals surface area contributed by atoms with Crippen molar-refractivity contribution in [2.45, 2.75) is 30.4 Å². The first kappa shape index (κ1) is 32.7. The molecule has 10 heteroatoms. The van der Waals surface area contributed by atoms with Gasteiger partial charge < -0.3 is 20.7 Å². The standard InChI is InChI=1S/C35H32FN3O5S/c1-3-31(34(42)37-26-19-17-24(18-20-26)35(43)44-4-2)45-28-15-10-14-27(22-28)38-33(41)30(21-25-13-8-9-16-29(25)36)39-32(40)23-11-6-5-7-12-23/h5-22,31H,3-4H2,1-2H3,(H,37,42)(H,38,41)(H,39,40)/b30-21-. The monoisotopic (exact) mass is 625 g/mol. The molecule has 230 valence electrons. The van der Waals surface area contributed by atoms with E-state index in [1.165, 1.54) is 36.0 Å². The van der Waals surface area contributed by atoms with Gasteiger partial charge in [0.15, 0.2) is 0 Å². The molecule has 8 nitrogen and oxygen atoms in total. The number of benzene rings is 4. The lowest BCUT2D eigenvalue weighted by Crippen LogP contribution is -2.30. The third-order valence-electron chi connectivity index (χ3n) is 6.43. The van der Waals surface area contributed by atoms with Gasteiger partial charge in [-0.2, -0.15) is 0 Å². The molecular weight excluding hydrogens is 593 g/mol. The molecule has 4 aromatic rings. The van der Waals surface area contributed by atoms with Crippen molar-refractivity contribution in [3.8, 4) is 0 Å². The first-order valence-electron chi connectivity index (χ1n) is 14.3. The molecule has 0 saturated heterocycles. The SMILES string of the molecule is CCOC(=O)c1ccc(NC(=O)C(CC)Sc2cccc(NC(=O)/C(=C/c3ccccc3F)NC(=O)c3ccccc3)c2)cc1. The largest absolute Gasteiger partial charge is 0.462 e. The smallest absolute Gasteiger partial charge is 0.338 e. The summed E-state index contributed by atoms with van der Waals surface area (Å²) in [6, 6.07) is 27.7. The molecule has 0 fully saturated rings. The van der Waals surface area contributed by atoms with Crippen LogP contribution in [0.2, 0.25) is 0 Å². The van der Waals surface area contributed by atoms with E-state index in [9.17, 15) is 23.6 Å². The molecule has 0 aliphatic carbocycles. The molecule has 1 unspecified atom stereocenters. The Labute approximate surface area is 265 Å². The van der Waals surface area contributed by atoms with Gasteiger partial charge >= 0.3 is 5.97 Å². The Bertz CT molecular complexity index is 1690.